The molecule has 1 atom stereocenters. The number of aliphatic imine (C=N–C) groups is 1. The molecule has 12 heteroatoms. The van der Waals surface area contributed by atoms with E-state index < -0.39 is 23.0 Å². The van der Waals surface area contributed by atoms with E-state index in [1.165, 1.54) is 18.5 Å². The summed E-state index contributed by atoms with van der Waals surface area (Å²) in [6.45, 7) is 4.98. The molecule has 0 aromatic carbocycles. The fourth-order valence-electron chi connectivity index (χ4n) is 4.49. The summed E-state index contributed by atoms with van der Waals surface area (Å²) in [5.41, 5.74) is 4.36. The second-order valence-electron chi connectivity index (χ2n) is 9.37. The third-order valence-electron chi connectivity index (χ3n) is 6.49. The lowest BCUT2D eigenvalue weighted by Crippen LogP contribution is -2.46. The molecule has 2 aromatic heterocycles. The minimum Gasteiger partial charge on any atom is -0.382 e. The van der Waals surface area contributed by atoms with E-state index in [0.717, 1.165) is 31.8 Å². The molecule has 1 aliphatic rings. The van der Waals surface area contributed by atoms with Crippen LogP contribution in [0.5, 0.6) is 0 Å². The molecule has 2 aromatic rings. The Kier molecular flexibility index (Phi) is 8.23. The summed E-state index contributed by atoms with van der Waals surface area (Å²) < 4.78 is 35.8. The normalized spacial score (nSPS) is 20.8. The van der Waals surface area contributed by atoms with Gasteiger partial charge in [-0.05, 0) is 49.8 Å². The lowest BCUT2D eigenvalue weighted by molar-refractivity contribution is 0.260. The van der Waals surface area contributed by atoms with E-state index in [1.807, 2.05) is 0 Å². The summed E-state index contributed by atoms with van der Waals surface area (Å²) >= 11 is 0. The topological polar surface area (TPSA) is 142 Å². The molecule has 0 bridgehead atoms. The van der Waals surface area contributed by atoms with E-state index in [9.17, 15) is 9.18 Å². The largest absolute Gasteiger partial charge is 0.440 e. The van der Waals surface area contributed by atoms with Gasteiger partial charge >= 0.3 is 5.76 Å². The number of alkyl halides is 1. The first-order valence-corrected chi connectivity index (χ1v) is 11.8. The molecule has 0 radical (unpaired) electrons. The third-order valence-corrected chi connectivity index (χ3v) is 6.49. The van der Waals surface area contributed by atoms with Gasteiger partial charge in [-0.1, -0.05) is 19.8 Å². The molecule has 2 heterocycles. The van der Waals surface area contributed by atoms with Crippen LogP contribution >= 0.6 is 0 Å². The molecular weight excluding hydrogens is 458 g/mol. The van der Waals surface area contributed by atoms with Gasteiger partial charge in [-0.15, -0.1) is 0 Å². The fraction of sp³-hybridized carbons (Fsp3) is 0.609. The second kappa shape index (κ2) is 11.0. The first kappa shape index (κ1) is 26.3. The van der Waals surface area contributed by atoms with Gasteiger partial charge in [0.25, 0.3) is 5.95 Å². The molecule has 1 aliphatic carbocycles. The molecule has 0 aliphatic heterocycles. The summed E-state index contributed by atoms with van der Waals surface area (Å²) in [6.07, 6.45) is 7.07. The van der Waals surface area contributed by atoms with Crippen molar-refractivity contribution in [2.24, 2.45) is 16.8 Å². The smallest absolute Gasteiger partial charge is 0.382 e. The van der Waals surface area contributed by atoms with Crippen molar-refractivity contribution in [2.45, 2.75) is 58.5 Å². The zero-order chi connectivity index (χ0) is 25.8. The lowest BCUT2D eigenvalue weighted by atomic mass is 9.82. The number of anilines is 2. The van der Waals surface area contributed by atoms with Crippen molar-refractivity contribution in [3.63, 3.8) is 0 Å². The second-order valence-corrected chi connectivity index (χ2v) is 9.37. The van der Waals surface area contributed by atoms with E-state index in [-0.39, 0.29) is 30.6 Å². The van der Waals surface area contributed by atoms with Gasteiger partial charge in [0, 0.05) is 26.2 Å². The Morgan fingerprint density at radius 2 is 2.11 bits per heavy atom. The number of hydrogen-bond donors (Lipinski definition) is 3. The Morgan fingerprint density at radius 3 is 2.69 bits per heavy atom. The molecule has 192 valence electrons. The number of halogens is 2. The first-order chi connectivity index (χ1) is 16.6. The van der Waals surface area contributed by atoms with Crippen LogP contribution in [0, 0.1) is 17.2 Å². The molecule has 1 fully saturated rings. The van der Waals surface area contributed by atoms with Crippen LogP contribution in [-0.2, 0) is 6.42 Å². The predicted octanol–water partition coefficient (Wildman–Crippen LogP) is 3.63. The van der Waals surface area contributed by atoms with Gasteiger partial charge in [-0.3, -0.25) is 14.9 Å². The number of hydrogen-bond acceptors (Lipinski definition) is 8. The number of nitrogens with zero attached hydrogens (tertiary/aromatic N) is 5. The minimum absolute atomic E-state index is 0.0180. The Balaban J connectivity index is 2.07. The summed E-state index contributed by atoms with van der Waals surface area (Å²) in [5.74, 6) is -0.680. The van der Waals surface area contributed by atoms with Crippen LogP contribution in [0.1, 0.15) is 52.1 Å². The monoisotopic (exact) mass is 492 g/mol. The van der Waals surface area contributed by atoms with Crippen LogP contribution in [0.4, 0.5) is 20.3 Å². The molecule has 1 unspecified atom stereocenters. The predicted molar refractivity (Wildman–Crippen MR) is 132 cm³/mol. The van der Waals surface area contributed by atoms with E-state index >= 15 is 4.39 Å². The summed E-state index contributed by atoms with van der Waals surface area (Å²) in [6, 6.07) is 0. The molecule has 3 rings (SSSR count). The van der Waals surface area contributed by atoms with Crippen molar-refractivity contribution in [3.05, 3.63) is 28.1 Å². The van der Waals surface area contributed by atoms with Crippen molar-refractivity contribution in [2.75, 3.05) is 30.8 Å². The van der Waals surface area contributed by atoms with Crippen molar-refractivity contribution in [1.29, 1.82) is 5.41 Å². The van der Waals surface area contributed by atoms with Crippen LogP contribution < -0.4 is 16.4 Å². The van der Waals surface area contributed by atoms with E-state index in [4.69, 9.17) is 11.1 Å². The Bertz CT molecular complexity index is 1140. The highest BCUT2D eigenvalue weighted by atomic mass is 19.1. The lowest BCUT2D eigenvalue weighted by Gasteiger charge is -2.36. The minimum atomic E-state index is -2.30. The van der Waals surface area contributed by atoms with Crippen LogP contribution in [0.2, 0.25) is 0 Å². The molecule has 0 saturated heterocycles. The highest BCUT2D eigenvalue weighted by Gasteiger charge is 2.37. The number of nitrogens with one attached hydrogen (secondary N) is 2. The van der Waals surface area contributed by atoms with Crippen LogP contribution in [0.3, 0.4) is 0 Å². The van der Waals surface area contributed by atoms with Gasteiger partial charge in [0.05, 0.1) is 12.2 Å². The number of aromatic nitrogens is 4. The summed E-state index contributed by atoms with van der Waals surface area (Å²) in [7, 11) is 1.62. The van der Waals surface area contributed by atoms with Crippen molar-refractivity contribution in [3.8, 4) is 5.95 Å². The van der Waals surface area contributed by atoms with Crippen LogP contribution in [0.15, 0.2) is 26.2 Å². The van der Waals surface area contributed by atoms with Gasteiger partial charge in [-0.25, -0.2) is 13.6 Å². The van der Waals surface area contributed by atoms with Crippen molar-refractivity contribution >= 4 is 23.4 Å². The number of rotatable bonds is 10. The average molecular weight is 493 g/mol. The highest BCUT2D eigenvalue weighted by molar-refractivity contribution is 6.02. The zero-order valence-electron chi connectivity index (χ0n) is 20.6. The number of allylic oxidation sites excluding steroid dienone is 2. The molecule has 4 N–H and O–H groups in total. The molecule has 10 nitrogen and oxygen atoms in total. The van der Waals surface area contributed by atoms with Gasteiger partial charge in [0.15, 0.2) is 11.5 Å². The molecule has 35 heavy (non-hydrogen) atoms. The quantitative estimate of drug-likeness (QED) is 0.432. The summed E-state index contributed by atoms with van der Waals surface area (Å²) in [4.78, 5) is 19.7. The SMILES string of the molecule is C/C=C(/F)C(=N)C(C)(F)CN(C[C@H]1CC[C@H](C)CC1)c1c(C/C=N\C)nn(-c2noc(=O)[nH]2)c1N. The maximum Gasteiger partial charge on any atom is 0.440 e. The van der Waals surface area contributed by atoms with Crippen LogP contribution in [-0.4, -0.2) is 57.7 Å². The standard InChI is InChI=1S/C23H34F2N8O2/c1-5-16(24)19(26)23(3,25)13-32(12-15-8-6-14(2)7-9-15)18-17(10-11-28-4)30-33(20(18)27)21-29-22(34)35-31-21/h5,11,14-15,26H,6-10,12-13,27H2,1-4H3,(H,29,31,34)/b16-5+,26-19?,28-11-/t14-,15-,23?. The first-order valence-electron chi connectivity index (χ1n) is 11.8. The van der Waals surface area contributed by atoms with Gasteiger partial charge in [-0.2, -0.15) is 9.78 Å². The zero-order valence-corrected chi connectivity index (χ0v) is 20.6. The van der Waals surface area contributed by atoms with Crippen molar-refractivity contribution < 1.29 is 13.3 Å². The Labute approximate surface area is 202 Å². The molecule has 0 spiro atoms. The molecular formula is C23H34F2N8O2. The Hall–Kier alpha value is -3.31. The van der Waals surface area contributed by atoms with Gasteiger partial charge in [0.2, 0.25) is 0 Å². The number of nitrogens with two attached hydrogens (primary N) is 1. The number of aromatic amines is 1. The maximum absolute atomic E-state index is 15.8. The molecule has 1 saturated carbocycles. The third kappa shape index (κ3) is 6.04. The van der Waals surface area contributed by atoms with E-state index in [1.54, 1.807) is 18.2 Å². The highest BCUT2D eigenvalue weighted by Crippen LogP contribution is 2.36. The number of H-pyrrole nitrogens is 1. The average Bonchev–Trinajstić information content (AvgIpc) is 3.39. The number of nitrogen functional groups attached to an aromatic ring is 1. The Morgan fingerprint density at radius 1 is 1.43 bits per heavy atom. The maximum atomic E-state index is 15.8. The van der Waals surface area contributed by atoms with E-state index in [0.29, 0.717) is 23.8 Å². The van der Waals surface area contributed by atoms with Gasteiger partial charge in [0.1, 0.15) is 17.2 Å². The van der Waals surface area contributed by atoms with Crippen molar-refractivity contribution in [1.82, 2.24) is 19.9 Å². The molecule has 0 amide bonds. The summed E-state index contributed by atoms with van der Waals surface area (Å²) in [5, 5.41) is 16.2. The van der Waals surface area contributed by atoms with Crippen LogP contribution in [0.25, 0.3) is 5.95 Å². The van der Waals surface area contributed by atoms with E-state index in [2.05, 4.69) is 31.7 Å². The van der Waals surface area contributed by atoms with Gasteiger partial charge < -0.3 is 15.6 Å². The fourth-order valence-corrected chi connectivity index (χ4v) is 4.49.